The maximum absolute atomic E-state index is 11.4. The number of nitrogens with zero attached hydrogens (tertiary/aromatic N) is 1. The van der Waals surface area contributed by atoms with Crippen LogP contribution in [0.2, 0.25) is 0 Å². The summed E-state index contributed by atoms with van der Waals surface area (Å²) < 4.78 is 6.18. The molecule has 94 valence electrons. The standard InChI is InChI=1S/C12H17IN2O2/c1-15(2)8-3-9-17-12(16)14-11-6-4-10(13)5-7-11/h4-7H,3,8-9H2,1-2H3,(H,14,16). The van der Waals surface area contributed by atoms with E-state index in [9.17, 15) is 4.79 Å². The first-order valence-electron chi connectivity index (χ1n) is 5.42. The second kappa shape index (κ2) is 7.50. The fraction of sp³-hybridized carbons (Fsp3) is 0.417. The van der Waals surface area contributed by atoms with Gasteiger partial charge in [-0.1, -0.05) is 0 Å². The first-order valence-corrected chi connectivity index (χ1v) is 6.50. The third-order valence-electron chi connectivity index (χ3n) is 2.07. The van der Waals surface area contributed by atoms with Gasteiger partial charge < -0.3 is 9.64 Å². The van der Waals surface area contributed by atoms with Gasteiger partial charge in [-0.3, -0.25) is 5.32 Å². The van der Waals surface area contributed by atoms with E-state index in [4.69, 9.17) is 4.74 Å². The van der Waals surface area contributed by atoms with E-state index in [2.05, 4.69) is 32.8 Å². The summed E-state index contributed by atoms with van der Waals surface area (Å²) in [4.78, 5) is 13.4. The van der Waals surface area contributed by atoms with Gasteiger partial charge in [0.2, 0.25) is 0 Å². The number of ether oxygens (including phenoxy) is 1. The van der Waals surface area contributed by atoms with E-state index in [1.807, 2.05) is 38.4 Å². The number of amides is 1. The van der Waals surface area contributed by atoms with Gasteiger partial charge in [-0.25, -0.2) is 4.79 Å². The van der Waals surface area contributed by atoms with Gasteiger partial charge in [0.05, 0.1) is 6.61 Å². The third-order valence-corrected chi connectivity index (χ3v) is 2.79. The van der Waals surface area contributed by atoms with Crippen LogP contribution in [0.3, 0.4) is 0 Å². The van der Waals surface area contributed by atoms with Gasteiger partial charge in [0.25, 0.3) is 0 Å². The number of hydrogen-bond acceptors (Lipinski definition) is 3. The van der Waals surface area contributed by atoms with Crippen LogP contribution in [0.5, 0.6) is 0 Å². The van der Waals surface area contributed by atoms with Crippen molar-refractivity contribution in [2.75, 3.05) is 32.6 Å². The Hall–Kier alpha value is -0.820. The number of rotatable bonds is 5. The average Bonchev–Trinajstić information content (AvgIpc) is 2.27. The average molecular weight is 348 g/mol. The summed E-state index contributed by atoms with van der Waals surface area (Å²) in [6.07, 6.45) is 0.442. The highest BCUT2D eigenvalue weighted by molar-refractivity contribution is 14.1. The molecule has 1 N–H and O–H groups in total. The Labute approximate surface area is 115 Å². The van der Waals surface area contributed by atoms with Crippen molar-refractivity contribution >= 4 is 34.4 Å². The van der Waals surface area contributed by atoms with E-state index in [0.717, 1.165) is 22.2 Å². The fourth-order valence-electron chi connectivity index (χ4n) is 1.23. The first-order chi connectivity index (χ1) is 8.08. The van der Waals surface area contributed by atoms with Gasteiger partial charge >= 0.3 is 6.09 Å². The molecule has 0 aliphatic carbocycles. The number of nitrogens with one attached hydrogen (secondary N) is 1. The summed E-state index contributed by atoms with van der Waals surface area (Å²) in [5, 5.41) is 2.68. The maximum atomic E-state index is 11.4. The number of carbonyl (C=O) groups is 1. The predicted molar refractivity (Wildman–Crippen MR) is 77.3 cm³/mol. The second-order valence-corrected chi connectivity index (χ2v) is 5.17. The lowest BCUT2D eigenvalue weighted by atomic mass is 10.3. The molecule has 5 heteroatoms. The minimum Gasteiger partial charge on any atom is -0.449 e. The molecule has 1 rings (SSSR count). The summed E-state index contributed by atoms with van der Waals surface area (Å²) in [5.41, 5.74) is 0.753. The van der Waals surface area contributed by atoms with Gasteiger partial charge in [-0.15, -0.1) is 0 Å². The van der Waals surface area contributed by atoms with Gasteiger partial charge in [0, 0.05) is 15.8 Å². The highest BCUT2D eigenvalue weighted by Gasteiger charge is 2.02. The van der Waals surface area contributed by atoms with Crippen LogP contribution in [0.25, 0.3) is 0 Å². The molecule has 0 saturated heterocycles. The molecule has 0 radical (unpaired) electrons. The van der Waals surface area contributed by atoms with Crippen LogP contribution in [-0.4, -0.2) is 38.2 Å². The summed E-state index contributed by atoms with van der Waals surface area (Å²) in [6, 6.07) is 7.57. The van der Waals surface area contributed by atoms with Crippen molar-refractivity contribution in [2.45, 2.75) is 6.42 Å². The van der Waals surface area contributed by atoms with Crippen LogP contribution in [0, 0.1) is 3.57 Å². The lowest BCUT2D eigenvalue weighted by Crippen LogP contribution is -2.18. The largest absolute Gasteiger partial charge is 0.449 e. The van der Waals surface area contributed by atoms with Crippen molar-refractivity contribution in [2.24, 2.45) is 0 Å². The van der Waals surface area contributed by atoms with Crippen LogP contribution in [0.15, 0.2) is 24.3 Å². The summed E-state index contributed by atoms with van der Waals surface area (Å²) in [7, 11) is 3.98. The number of benzene rings is 1. The van der Waals surface area contributed by atoms with E-state index in [-0.39, 0.29) is 0 Å². The molecule has 1 amide bonds. The van der Waals surface area contributed by atoms with Gasteiger partial charge in [-0.05, 0) is 67.4 Å². The normalized spacial score (nSPS) is 10.4. The van der Waals surface area contributed by atoms with Gasteiger partial charge in [0.15, 0.2) is 0 Å². The van der Waals surface area contributed by atoms with Crippen LogP contribution in [-0.2, 0) is 4.74 Å². The molecule has 1 aromatic rings. The Bertz CT molecular complexity index is 352. The van der Waals surface area contributed by atoms with Crippen molar-refractivity contribution < 1.29 is 9.53 Å². The monoisotopic (exact) mass is 348 g/mol. The van der Waals surface area contributed by atoms with E-state index in [1.165, 1.54) is 0 Å². The molecular formula is C12H17IN2O2. The number of carbonyl (C=O) groups excluding carboxylic acids is 1. The summed E-state index contributed by atoms with van der Waals surface area (Å²) in [6.45, 7) is 1.35. The molecule has 1 aromatic carbocycles. The van der Waals surface area contributed by atoms with Crippen LogP contribution < -0.4 is 5.32 Å². The molecule has 4 nitrogen and oxygen atoms in total. The fourth-order valence-corrected chi connectivity index (χ4v) is 1.59. The maximum Gasteiger partial charge on any atom is 0.411 e. The zero-order valence-electron chi connectivity index (χ0n) is 10.1. The Morgan fingerprint density at radius 1 is 1.35 bits per heavy atom. The molecule has 17 heavy (non-hydrogen) atoms. The molecule has 0 fully saturated rings. The quantitative estimate of drug-likeness (QED) is 0.657. The van der Waals surface area contributed by atoms with E-state index in [0.29, 0.717) is 6.61 Å². The van der Waals surface area contributed by atoms with Crippen molar-refractivity contribution in [1.82, 2.24) is 4.90 Å². The van der Waals surface area contributed by atoms with Crippen molar-refractivity contribution in [3.8, 4) is 0 Å². The molecule has 0 saturated carbocycles. The molecule has 0 atom stereocenters. The molecule has 0 aromatic heterocycles. The van der Waals surface area contributed by atoms with E-state index in [1.54, 1.807) is 0 Å². The molecule has 0 heterocycles. The molecule has 0 unspecified atom stereocenters. The predicted octanol–water partition coefficient (Wildman–Crippen LogP) is 2.79. The van der Waals surface area contributed by atoms with Crippen LogP contribution >= 0.6 is 22.6 Å². The highest BCUT2D eigenvalue weighted by Crippen LogP contribution is 2.11. The van der Waals surface area contributed by atoms with Crippen LogP contribution in [0.4, 0.5) is 10.5 Å². The molecule has 0 spiro atoms. The topological polar surface area (TPSA) is 41.6 Å². The van der Waals surface area contributed by atoms with Crippen molar-refractivity contribution in [1.29, 1.82) is 0 Å². The molecule has 0 bridgehead atoms. The number of anilines is 1. The minimum atomic E-state index is -0.398. The zero-order chi connectivity index (χ0) is 12.7. The van der Waals surface area contributed by atoms with E-state index < -0.39 is 6.09 Å². The molecule has 0 aliphatic rings. The Morgan fingerprint density at radius 3 is 2.59 bits per heavy atom. The molecular weight excluding hydrogens is 331 g/mol. The summed E-state index contributed by atoms with van der Waals surface area (Å²) >= 11 is 2.22. The van der Waals surface area contributed by atoms with Gasteiger partial charge in [-0.2, -0.15) is 0 Å². The Balaban J connectivity index is 2.23. The third kappa shape index (κ3) is 6.48. The summed E-state index contributed by atoms with van der Waals surface area (Å²) in [5.74, 6) is 0. The van der Waals surface area contributed by atoms with E-state index >= 15 is 0 Å². The Kier molecular flexibility index (Phi) is 6.28. The number of halogens is 1. The lowest BCUT2D eigenvalue weighted by Gasteiger charge is -2.10. The van der Waals surface area contributed by atoms with Crippen molar-refractivity contribution in [3.63, 3.8) is 0 Å². The van der Waals surface area contributed by atoms with Crippen molar-refractivity contribution in [3.05, 3.63) is 27.8 Å². The molecule has 0 aliphatic heterocycles. The Morgan fingerprint density at radius 2 is 2.00 bits per heavy atom. The zero-order valence-corrected chi connectivity index (χ0v) is 12.2. The smallest absolute Gasteiger partial charge is 0.411 e. The minimum absolute atomic E-state index is 0.398. The second-order valence-electron chi connectivity index (χ2n) is 3.92. The lowest BCUT2D eigenvalue weighted by molar-refractivity contribution is 0.156. The van der Waals surface area contributed by atoms with Gasteiger partial charge in [0.1, 0.15) is 0 Å². The highest BCUT2D eigenvalue weighted by atomic mass is 127. The van der Waals surface area contributed by atoms with Crippen LogP contribution in [0.1, 0.15) is 6.42 Å². The first kappa shape index (κ1) is 14.2. The number of hydrogen-bond donors (Lipinski definition) is 1. The SMILES string of the molecule is CN(C)CCCOC(=O)Nc1ccc(I)cc1.